The van der Waals surface area contributed by atoms with E-state index >= 15 is 0 Å². The summed E-state index contributed by atoms with van der Waals surface area (Å²) >= 11 is 9.53. The Labute approximate surface area is 34.8 Å². The second-order valence-corrected chi connectivity index (χ2v) is 0.909. The minimum atomic E-state index is 0. The Morgan fingerprint density at radius 1 is 1.25 bits per heavy atom. The van der Waals surface area contributed by atoms with Crippen LogP contribution in [0.3, 0.4) is 0 Å². The molecule has 0 unspecified atom stereocenters. The Morgan fingerprint density at radius 2 is 1.25 bits per heavy atom. The molecule has 1 nitrogen and oxygen atoms in total. The molecular weight excluding hydrogens is 98.9 g/mol. The first kappa shape index (κ1) is 8.82. The van der Waals surface area contributed by atoms with Gasteiger partial charge in [-0.3, -0.25) is 0 Å². The van der Waals surface area contributed by atoms with Gasteiger partial charge in [0.15, 0.2) is 0 Å². The topological polar surface area (TPSA) is 31.5 Å². The van der Waals surface area contributed by atoms with E-state index in [0.717, 1.165) is 0 Å². The molecule has 0 aromatic rings. The molecule has 0 bridgehead atoms. The molecule has 0 fully saturated rings. The van der Waals surface area contributed by atoms with E-state index in [1.54, 1.807) is 0 Å². The van der Waals surface area contributed by atoms with Gasteiger partial charge in [-0.05, 0) is 0 Å². The third-order valence-corrected chi connectivity index (χ3v) is 0. The predicted molar refractivity (Wildman–Crippen MR) is 20.2 cm³/mol. The molecular formula is CH4Cl2O. The first-order valence-electron chi connectivity index (χ1n) is 0.535. The van der Waals surface area contributed by atoms with E-state index in [9.17, 15) is 0 Å². The first-order chi connectivity index (χ1) is 1.41. The molecule has 0 heterocycles. The summed E-state index contributed by atoms with van der Waals surface area (Å²) in [4.78, 5) is 0. The third kappa shape index (κ3) is 20.7. The van der Waals surface area contributed by atoms with Crippen molar-refractivity contribution in [3.05, 3.63) is 0 Å². The van der Waals surface area contributed by atoms with Gasteiger partial charge in [-0.25, -0.2) is 0 Å². The monoisotopic (exact) mass is 102 g/mol. The van der Waals surface area contributed by atoms with E-state index in [2.05, 4.69) is 0 Å². The van der Waals surface area contributed by atoms with Gasteiger partial charge in [0, 0.05) is 0 Å². The molecule has 0 aliphatic rings. The van der Waals surface area contributed by atoms with Crippen LogP contribution in [0.4, 0.5) is 0 Å². The van der Waals surface area contributed by atoms with Crippen LogP contribution in [-0.2, 0) is 0 Å². The van der Waals surface area contributed by atoms with Crippen LogP contribution in [0.2, 0.25) is 0 Å². The van der Waals surface area contributed by atoms with Crippen molar-refractivity contribution in [1.29, 1.82) is 0 Å². The molecule has 0 amide bonds. The lowest BCUT2D eigenvalue weighted by Crippen LogP contribution is -1.24. The summed E-state index contributed by atoms with van der Waals surface area (Å²) in [5, 5.41) is 0.194. The molecule has 3 heteroatoms. The summed E-state index contributed by atoms with van der Waals surface area (Å²) in [6.07, 6.45) is 0. The van der Waals surface area contributed by atoms with Crippen LogP contribution in [0.5, 0.6) is 0 Å². The maximum Gasteiger partial charge on any atom is 0.0967 e. The van der Waals surface area contributed by atoms with Crippen molar-refractivity contribution in [2.45, 2.75) is 0 Å². The maximum absolute atomic E-state index is 4.76. The predicted octanol–water partition coefficient (Wildman–Crippen LogP) is 0.597. The lowest BCUT2D eigenvalue weighted by atomic mass is 11.9. The van der Waals surface area contributed by atoms with E-state index < -0.39 is 0 Å². The minimum Gasteiger partial charge on any atom is -0.412 e. The van der Waals surface area contributed by atoms with E-state index in [1.807, 2.05) is 0 Å². The van der Waals surface area contributed by atoms with Crippen LogP contribution < -0.4 is 0 Å². The first-order valence-corrected chi connectivity index (χ1v) is 1.60. The Bertz CT molecular complexity index is 6.00. The molecule has 0 saturated carbocycles. The van der Waals surface area contributed by atoms with E-state index in [-0.39, 0.29) is 10.8 Å². The Balaban J connectivity index is 0. The van der Waals surface area contributed by atoms with Crippen molar-refractivity contribution in [2.24, 2.45) is 0 Å². The summed E-state index contributed by atoms with van der Waals surface area (Å²) < 4.78 is 0. The fraction of sp³-hybridized carbons (Fsp3) is 1.00. The zero-order valence-electron chi connectivity index (χ0n) is 1.96. The molecule has 4 heavy (non-hydrogen) atoms. The molecule has 0 atom stereocenters. The molecule has 0 saturated heterocycles. The molecule has 0 aromatic carbocycles. The van der Waals surface area contributed by atoms with Gasteiger partial charge in [0.05, 0.1) is 5.34 Å². The van der Waals surface area contributed by atoms with Crippen molar-refractivity contribution in [3.8, 4) is 0 Å². The average Bonchev–Trinajstić information content (AvgIpc) is 0.918. The average molecular weight is 103 g/mol. The summed E-state index contributed by atoms with van der Waals surface area (Å²) in [7, 11) is 0. The standard InChI is InChI=1S/CH2Cl2.H2O/c2-1-3;/h1H2;1H2. The van der Waals surface area contributed by atoms with Gasteiger partial charge >= 0.3 is 0 Å². The van der Waals surface area contributed by atoms with Gasteiger partial charge in [0.25, 0.3) is 0 Å². The van der Waals surface area contributed by atoms with Crippen molar-refractivity contribution in [3.63, 3.8) is 0 Å². The molecule has 28 valence electrons. The lowest BCUT2D eigenvalue weighted by molar-refractivity contribution is 0.824. The van der Waals surface area contributed by atoms with E-state index in [4.69, 9.17) is 23.2 Å². The highest BCUT2D eigenvalue weighted by atomic mass is 35.5. The van der Waals surface area contributed by atoms with Gasteiger partial charge in [0.1, 0.15) is 0 Å². The summed E-state index contributed by atoms with van der Waals surface area (Å²) in [6, 6.07) is 0. The minimum absolute atomic E-state index is 0. The molecule has 0 aliphatic carbocycles. The molecule has 0 rings (SSSR count). The van der Waals surface area contributed by atoms with Crippen molar-refractivity contribution in [1.82, 2.24) is 0 Å². The van der Waals surface area contributed by atoms with Gasteiger partial charge in [-0.15, -0.1) is 23.2 Å². The van der Waals surface area contributed by atoms with Crippen LogP contribution in [0.1, 0.15) is 0 Å². The molecule has 0 aliphatic heterocycles. The van der Waals surface area contributed by atoms with Crippen LogP contribution >= 0.6 is 23.2 Å². The van der Waals surface area contributed by atoms with Crippen molar-refractivity contribution >= 4 is 23.2 Å². The quantitative estimate of drug-likeness (QED) is 0.402. The van der Waals surface area contributed by atoms with Crippen molar-refractivity contribution in [2.75, 3.05) is 5.34 Å². The Kier molecular flexibility index (Phi) is 21.2. The van der Waals surface area contributed by atoms with Gasteiger partial charge in [0.2, 0.25) is 0 Å². The second-order valence-electron chi connectivity index (χ2n) is 0.101. The fourth-order valence-corrected chi connectivity index (χ4v) is 0. The largest absolute Gasteiger partial charge is 0.412 e. The fourth-order valence-electron chi connectivity index (χ4n) is 0. The zero-order valence-corrected chi connectivity index (χ0v) is 3.47. The number of hydrogen-bond acceptors (Lipinski definition) is 0. The number of rotatable bonds is 0. The van der Waals surface area contributed by atoms with Gasteiger partial charge in [-0.2, -0.15) is 0 Å². The number of alkyl halides is 2. The SMILES string of the molecule is ClCCl.O. The second kappa shape index (κ2) is 9.63. The normalized spacial score (nSPS) is 4.50. The highest BCUT2D eigenvalue weighted by Crippen LogP contribution is 1.73. The zero-order chi connectivity index (χ0) is 2.71. The lowest BCUT2D eigenvalue weighted by Gasteiger charge is -1.42. The molecule has 0 spiro atoms. The Morgan fingerprint density at radius 3 is 1.25 bits per heavy atom. The highest BCUT2D eigenvalue weighted by molar-refractivity contribution is 6.40. The highest BCUT2D eigenvalue weighted by Gasteiger charge is 1.41. The van der Waals surface area contributed by atoms with Crippen LogP contribution in [0, 0.1) is 0 Å². The van der Waals surface area contributed by atoms with Crippen LogP contribution in [0.15, 0.2) is 0 Å². The van der Waals surface area contributed by atoms with E-state index in [0.29, 0.717) is 0 Å². The smallest absolute Gasteiger partial charge is 0.0967 e. The van der Waals surface area contributed by atoms with Crippen LogP contribution in [0.25, 0.3) is 0 Å². The summed E-state index contributed by atoms with van der Waals surface area (Å²) in [5.41, 5.74) is 0. The third-order valence-electron chi connectivity index (χ3n) is 0. The molecule has 0 aromatic heterocycles. The van der Waals surface area contributed by atoms with Gasteiger partial charge in [-0.1, -0.05) is 0 Å². The van der Waals surface area contributed by atoms with Gasteiger partial charge < -0.3 is 5.48 Å². The number of halogens is 2. The number of hydrogen-bond donors (Lipinski definition) is 0. The summed E-state index contributed by atoms with van der Waals surface area (Å²) in [6.45, 7) is 0. The van der Waals surface area contributed by atoms with E-state index in [1.165, 1.54) is 0 Å². The molecule has 2 N–H and O–H groups in total. The Hall–Kier alpha value is 0.540. The van der Waals surface area contributed by atoms with Crippen LogP contribution in [-0.4, -0.2) is 10.8 Å². The summed E-state index contributed by atoms with van der Waals surface area (Å²) in [5.74, 6) is 0. The van der Waals surface area contributed by atoms with Crippen molar-refractivity contribution < 1.29 is 5.48 Å². The maximum atomic E-state index is 4.76. The molecule has 0 radical (unpaired) electrons.